The molecule has 1 heterocycles. The third-order valence-corrected chi connectivity index (χ3v) is 3.70. The molecule has 0 bridgehead atoms. The van der Waals surface area contributed by atoms with E-state index in [9.17, 15) is 4.79 Å². The van der Waals surface area contributed by atoms with Gasteiger partial charge in [0.1, 0.15) is 11.8 Å². The van der Waals surface area contributed by atoms with Gasteiger partial charge in [-0.1, -0.05) is 11.6 Å². The number of nitriles is 1. The first-order valence-electron chi connectivity index (χ1n) is 5.78. The molecule has 20 heavy (non-hydrogen) atoms. The van der Waals surface area contributed by atoms with E-state index in [0.717, 1.165) is 5.76 Å². The summed E-state index contributed by atoms with van der Waals surface area (Å²) in [5, 5.41) is 11.8. The predicted molar refractivity (Wildman–Crippen MR) is 79.7 cm³/mol. The molecule has 2 rings (SSSR count). The zero-order chi connectivity index (χ0) is 14.4. The average molecular weight is 307 g/mol. The Morgan fingerprint density at radius 2 is 2.30 bits per heavy atom. The van der Waals surface area contributed by atoms with Gasteiger partial charge in [0.05, 0.1) is 28.4 Å². The van der Waals surface area contributed by atoms with Gasteiger partial charge in [-0.15, -0.1) is 11.8 Å². The topological polar surface area (TPSA) is 66.0 Å². The second-order valence-electron chi connectivity index (χ2n) is 3.93. The molecule has 0 fully saturated rings. The highest BCUT2D eigenvalue weighted by Gasteiger charge is 2.06. The Labute approximate surface area is 125 Å². The number of anilines is 1. The van der Waals surface area contributed by atoms with Crippen LogP contribution in [0.4, 0.5) is 5.69 Å². The number of rotatable bonds is 5. The number of halogens is 1. The fourth-order valence-corrected chi connectivity index (χ4v) is 2.47. The van der Waals surface area contributed by atoms with Crippen LogP contribution in [0.2, 0.25) is 5.02 Å². The Balaban J connectivity index is 1.82. The van der Waals surface area contributed by atoms with Crippen molar-refractivity contribution in [3.63, 3.8) is 0 Å². The van der Waals surface area contributed by atoms with Gasteiger partial charge in [0, 0.05) is 5.69 Å². The van der Waals surface area contributed by atoms with Crippen LogP contribution in [0.15, 0.2) is 41.0 Å². The van der Waals surface area contributed by atoms with Crippen LogP contribution in [-0.4, -0.2) is 11.7 Å². The van der Waals surface area contributed by atoms with Crippen LogP contribution in [0.1, 0.15) is 11.3 Å². The van der Waals surface area contributed by atoms with E-state index in [1.807, 2.05) is 18.2 Å². The number of amides is 1. The zero-order valence-corrected chi connectivity index (χ0v) is 12.0. The van der Waals surface area contributed by atoms with E-state index in [2.05, 4.69) is 5.32 Å². The van der Waals surface area contributed by atoms with E-state index in [-0.39, 0.29) is 5.91 Å². The summed E-state index contributed by atoms with van der Waals surface area (Å²) >= 11 is 7.35. The van der Waals surface area contributed by atoms with Crippen LogP contribution in [0.5, 0.6) is 0 Å². The number of hydrogen-bond acceptors (Lipinski definition) is 4. The van der Waals surface area contributed by atoms with Crippen molar-refractivity contribution >= 4 is 35.0 Å². The fraction of sp³-hybridized carbons (Fsp3) is 0.143. The highest BCUT2D eigenvalue weighted by Crippen LogP contribution is 2.20. The van der Waals surface area contributed by atoms with Gasteiger partial charge in [0.15, 0.2) is 0 Å². The molecule has 0 radical (unpaired) electrons. The Morgan fingerprint density at radius 3 is 2.95 bits per heavy atom. The first kappa shape index (κ1) is 14.5. The van der Waals surface area contributed by atoms with E-state index >= 15 is 0 Å². The quantitative estimate of drug-likeness (QED) is 0.915. The molecule has 1 aromatic heterocycles. The molecule has 6 heteroatoms. The zero-order valence-electron chi connectivity index (χ0n) is 10.4. The molecule has 0 spiro atoms. The first-order valence-corrected chi connectivity index (χ1v) is 7.32. The summed E-state index contributed by atoms with van der Waals surface area (Å²) in [6.07, 6.45) is 1.61. The number of carbonyl (C=O) groups is 1. The summed E-state index contributed by atoms with van der Waals surface area (Å²) in [7, 11) is 0. The lowest BCUT2D eigenvalue weighted by Crippen LogP contribution is -2.14. The van der Waals surface area contributed by atoms with Gasteiger partial charge >= 0.3 is 0 Å². The van der Waals surface area contributed by atoms with Gasteiger partial charge in [-0.2, -0.15) is 5.26 Å². The molecule has 0 aliphatic heterocycles. The molecular weight excluding hydrogens is 296 g/mol. The number of hydrogen-bond donors (Lipinski definition) is 1. The van der Waals surface area contributed by atoms with E-state index in [1.165, 1.54) is 11.8 Å². The first-order chi connectivity index (χ1) is 9.69. The van der Waals surface area contributed by atoms with Crippen LogP contribution >= 0.6 is 23.4 Å². The number of nitrogens with zero attached hydrogens (tertiary/aromatic N) is 1. The summed E-state index contributed by atoms with van der Waals surface area (Å²) < 4.78 is 5.17. The molecule has 1 N–H and O–H groups in total. The van der Waals surface area contributed by atoms with Gasteiger partial charge < -0.3 is 9.73 Å². The van der Waals surface area contributed by atoms with Crippen LogP contribution in [0.3, 0.4) is 0 Å². The molecule has 102 valence electrons. The largest absolute Gasteiger partial charge is 0.468 e. The van der Waals surface area contributed by atoms with Crippen molar-refractivity contribution in [2.75, 3.05) is 11.1 Å². The average Bonchev–Trinajstić information content (AvgIpc) is 2.92. The molecule has 1 amide bonds. The summed E-state index contributed by atoms with van der Waals surface area (Å²) in [6.45, 7) is 0. The molecular formula is C14H11ClN2O2S. The van der Waals surface area contributed by atoms with Crippen molar-refractivity contribution in [3.05, 3.63) is 52.9 Å². The second-order valence-corrected chi connectivity index (χ2v) is 5.32. The Hall–Kier alpha value is -1.90. The molecule has 0 aliphatic carbocycles. The Morgan fingerprint density at radius 1 is 1.45 bits per heavy atom. The smallest absolute Gasteiger partial charge is 0.234 e. The lowest BCUT2D eigenvalue weighted by atomic mass is 10.2. The van der Waals surface area contributed by atoms with Gasteiger partial charge in [-0.05, 0) is 30.3 Å². The molecule has 0 atom stereocenters. The summed E-state index contributed by atoms with van der Waals surface area (Å²) in [6, 6.07) is 10.4. The van der Waals surface area contributed by atoms with Crippen LogP contribution in [-0.2, 0) is 10.5 Å². The monoisotopic (exact) mass is 306 g/mol. The maximum absolute atomic E-state index is 11.7. The normalized spacial score (nSPS) is 10.0. The molecule has 0 aliphatic rings. The predicted octanol–water partition coefficient (Wildman–Crippen LogP) is 3.68. The van der Waals surface area contributed by atoms with Crippen molar-refractivity contribution in [2.45, 2.75) is 5.75 Å². The summed E-state index contributed by atoms with van der Waals surface area (Å²) in [5.41, 5.74) is 0.967. The lowest BCUT2D eigenvalue weighted by molar-refractivity contribution is -0.113. The molecule has 0 saturated carbocycles. The van der Waals surface area contributed by atoms with E-state index in [0.29, 0.717) is 27.8 Å². The van der Waals surface area contributed by atoms with Crippen molar-refractivity contribution in [2.24, 2.45) is 0 Å². The third-order valence-electron chi connectivity index (χ3n) is 2.43. The van der Waals surface area contributed by atoms with Crippen molar-refractivity contribution in [1.82, 2.24) is 0 Å². The molecule has 4 nitrogen and oxygen atoms in total. The minimum absolute atomic E-state index is 0.123. The minimum Gasteiger partial charge on any atom is -0.468 e. The van der Waals surface area contributed by atoms with Gasteiger partial charge in [0.2, 0.25) is 5.91 Å². The third kappa shape index (κ3) is 4.05. The summed E-state index contributed by atoms with van der Waals surface area (Å²) in [4.78, 5) is 11.7. The van der Waals surface area contributed by atoms with Gasteiger partial charge in [-0.3, -0.25) is 4.79 Å². The van der Waals surface area contributed by atoms with Crippen LogP contribution < -0.4 is 5.32 Å². The van der Waals surface area contributed by atoms with E-state index < -0.39 is 0 Å². The highest BCUT2D eigenvalue weighted by molar-refractivity contribution is 7.99. The molecule has 0 unspecified atom stereocenters. The van der Waals surface area contributed by atoms with Crippen molar-refractivity contribution in [1.29, 1.82) is 5.26 Å². The van der Waals surface area contributed by atoms with E-state index in [1.54, 1.807) is 24.5 Å². The Kier molecular flexibility index (Phi) is 5.10. The van der Waals surface area contributed by atoms with Crippen LogP contribution in [0, 0.1) is 11.3 Å². The standard InChI is InChI=1S/C14H11ClN2O2S/c15-13-6-11(4-3-10(13)7-16)17-14(18)9-20-8-12-2-1-5-19-12/h1-6H,8-9H2,(H,17,18). The van der Waals surface area contributed by atoms with E-state index in [4.69, 9.17) is 21.3 Å². The van der Waals surface area contributed by atoms with Gasteiger partial charge in [-0.25, -0.2) is 0 Å². The number of carbonyl (C=O) groups excluding carboxylic acids is 1. The maximum atomic E-state index is 11.7. The molecule has 2 aromatic rings. The Bertz CT molecular complexity index is 635. The molecule has 1 aromatic carbocycles. The summed E-state index contributed by atoms with van der Waals surface area (Å²) in [5.74, 6) is 1.68. The SMILES string of the molecule is N#Cc1ccc(NC(=O)CSCc2ccco2)cc1Cl. The second kappa shape index (κ2) is 7.04. The minimum atomic E-state index is -0.123. The maximum Gasteiger partial charge on any atom is 0.234 e. The number of furan rings is 1. The van der Waals surface area contributed by atoms with Crippen molar-refractivity contribution < 1.29 is 9.21 Å². The number of nitrogens with one attached hydrogen (secondary N) is 1. The molecule has 0 saturated heterocycles. The van der Waals surface area contributed by atoms with Crippen LogP contribution in [0.25, 0.3) is 0 Å². The van der Waals surface area contributed by atoms with Gasteiger partial charge in [0.25, 0.3) is 0 Å². The van der Waals surface area contributed by atoms with Crippen molar-refractivity contribution in [3.8, 4) is 6.07 Å². The number of thioether (sulfide) groups is 1. The fourth-order valence-electron chi connectivity index (χ4n) is 1.52. The number of benzene rings is 1. The highest BCUT2D eigenvalue weighted by atomic mass is 35.5. The lowest BCUT2D eigenvalue weighted by Gasteiger charge is -2.05.